The number of nitrogens with one attached hydrogen (secondary N) is 1. The van der Waals surface area contributed by atoms with Crippen molar-refractivity contribution in [3.63, 3.8) is 0 Å². The summed E-state index contributed by atoms with van der Waals surface area (Å²) in [6.45, 7) is 10.3. The first-order valence-corrected chi connectivity index (χ1v) is 9.82. The third-order valence-corrected chi connectivity index (χ3v) is 5.36. The summed E-state index contributed by atoms with van der Waals surface area (Å²) in [5.74, 6) is 2.32. The standard InChI is InChI=1S/C23H26N6/c1-16-6-7-19(14-17(16)2)20-8-9-21-23(27-20)29(13-5-12-28(21)4)18(3)26-22-15-24-10-11-25-22/h6-11,14-15H,3,5,12-13H2,1-2,4H3,(H,25,26). The van der Waals surface area contributed by atoms with E-state index in [9.17, 15) is 0 Å². The molecular formula is C23H26N6. The molecule has 4 rings (SSSR count). The van der Waals surface area contributed by atoms with Crippen LogP contribution < -0.4 is 15.1 Å². The van der Waals surface area contributed by atoms with Crippen LogP contribution in [-0.4, -0.2) is 35.1 Å². The van der Waals surface area contributed by atoms with E-state index in [1.165, 1.54) is 11.1 Å². The largest absolute Gasteiger partial charge is 0.372 e. The molecule has 2 aromatic heterocycles. The van der Waals surface area contributed by atoms with Gasteiger partial charge in [0, 0.05) is 38.1 Å². The molecule has 0 atom stereocenters. The van der Waals surface area contributed by atoms with Crippen LogP contribution in [0.5, 0.6) is 0 Å². The molecule has 3 heterocycles. The van der Waals surface area contributed by atoms with Gasteiger partial charge in [0.05, 0.1) is 17.6 Å². The first kappa shape index (κ1) is 18.9. The fourth-order valence-corrected chi connectivity index (χ4v) is 3.53. The zero-order valence-electron chi connectivity index (χ0n) is 17.2. The van der Waals surface area contributed by atoms with Crippen LogP contribution in [0, 0.1) is 13.8 Å². The number of fused-ring (bicyclic) bond motifs is 1. The molecule has 0 amide bonds. The van der Waals surface area contributed by atoms with E-state index in [4.69, 9.17) is 4.98 Å². The van der Waals surface area contributed by atoms with Gasteiger partial charge < -0.3 is 15.1 Å². The minimum Gasteiger partial charge on any atom is -0.372 e. The third kappa shape index (κ3) is 3.92. The maximum Gasteiger partial charge on any atom is 0.158 e. The lowest BCUT2D eigenvalue weighted by Crippen LogP contribution is -2.28. The van der Waals surface area contributed by atoms with E-state index in [-0.39, 0.29) is 0 Å². The van der Waals surface area contributed by atoms with E-state index >= 15 is 0 Å². The van der Waals surface area contributed by atoms with Crippen molar-refractivity contribution in [3.05, 3.63) is 72.4 Å². The lowest BCUT2D eigenvalue weighted by atomic mass is 10.0. The van der Waals surface area contributed by atoms with Crippen molar-refractivity contribution in [2.45, 2.75) is 20.3 Å². The number of hydrogen-bond acceptors (Lipinski definition) is 6. The Morgan fingerprint density at radius 1 is 1.07 bits per heavy atom. The average Bonchev–Trinajstić information content (AvgIpc) is 2.89. The van der Waals surface area contributed by atoms with Crippen LogP contribution >= 0.6 is 0 Å². The summed E-state index contributed by atoms with van der Waals surface area (Å²) in [5, 5.41) is 3.27. The first-order valence-electron chi connectivity index (χ1n) is 9.82. The Balaban J connectivity index is 1.73. The summed E-state index contributed by atoms with van der Waals surface area (Å²) in [5.41, 5.74) is 5.72. The molecule has 148 valence electrons. The minimum atomic E-state index is 0.668. The number of hydrogen-bond donors (Lipinski definition) is 1. The van der Waals surface area contributed by atoms with Gasteiger partial charge in [-0.25, -0.2) is 9.97 Å². The van der Waals surface area contributed by atoms with Gasteiger partial charge in [0.2, 0.25) is 0 Å². The molecule has 0 fully saturated rings. The van der Waals surface area contributed by atoms with E-state index in [1.54, 1.807) is 18.6 Å². The first-order chi connectivity index (χ1) is 14.0. The molecule has 0 radical (unpaired) electrons. The summed E-state index contributed by atoms with van der Waals surface area (Å²) in [6.07, 6.45) is 6.01. The van der Waals surface area contributed by atoms with Crippen molar-refractivity contribution in [2.75, 3.05) is 35.3 Å². The van der Waals surface area contributed by atoms with E-state index < -0.39 is 0 Å². The van der Waals surface area contributed by atoms with Gasteiger partial charge in [-0.15, -0.1) is 0 Å². The number of rotatable bonds is 4. The van der Waals surface area contributed by atoms with Crippen molar-refractivity contribution < 1.29 is 0 Å². The Bertz CT molecular complexity index is 1030. The minimum absolute atomic E-state index is 0.668. The van der Waals surface area contributed by atoms with E-state index in [0.717, 1.165) is 48.1 Å². The molecule has 6 nitrogen and oxygen atoms in total. The number of benzene rings is 1. The van der Waals surface area contributed by atoms with Crippen LogP contribution in [0.2, 0.25) is 0 Å². The topological polar surface area (TPSA) is 57.2 Å². The molecule has 6 heteroatoms. The predicted molar refractivity (Wildman–Crippen MR) is 119 cm³/mol. The van der Waals surface area contributed by atoms with Gasteiger partial charge in [-0.05, 0) is 49.6 Å². The van der Waals surface area contributed by atoms with Crippen LogP contribution in [-0.2, 0) is 0 Å². The molecule has 29 heavy (non-hydrogen) atoms. The molecular weight excluding hydrogens is 360 g/mol. The van der Waals surface area contributed by atoms with Crippen molar-refractivity contribution in [3.8, 4) is 11.3 Å². The molecule has 0 aliphatic carbocycles. The van der Waals surface area contributed by atoms with E-state index in [0.29, 0.717) is 5.82 Å². The summed E-state index contributed by atoms with van der Waals surface area (Å²) in [7, 11) is 2.11. The second-order valence-electron chi connectivity index (χ2n) is 7.43. The molecule has 0 bridgehead atoms. The summed E-state index contributed by atoms with van der Waals surface area (Å²) < 4.78 is 0. The number of anilines is 3. The molecule has 0 unspecified atom stereocenters. The Labute approximate surface area is 171 Å². The smallest absolute Gasteiger partial charge is 0.158 e. The van der Waals surface area contributed by atoms with Crippen molar-refractivity contribution in [1.29, 1.82) is 0 Å². The molecule has 0 spiro atoms. The van der Waals surface area contributed by atoms with Gasteiger partial charge in [0.25, 0.3) is 0 Å². The van der Waals surface area contributed by atoms with Gasteiger partial charge in [-0.2, -0.15) is 0 Å². The summed E-state index contributed by atoms with van der Waals surface area (Å²) in [6, 6.07) is 10.7. The Morgan fingerprint density at radius 3 is 2.69 bits per heavy atom. The Morgan fingerprint density at radius 2 is 1.93 bits per heavy atom. The molecule has 0 saturated carbocycles. The van der Waals surface area contributed by atoms with Crippen LogP contribution in [0.25, 0.3) is 11.3 Å². The lowest BCUT2D eigenvalue weighted by molar-refractivity contribution is 0.789. The molecule has 1 N–H and O–H groups in total. The van der Waals surface area contributed by atoms with Crippen LogP contribution in [0.15, 0.2) is 61.3 Å². The van der Waals surface area contributed by atoms with Crippen molar-refractivity contribution in [2.24, 2.45) is 0 Å². The van der Waals surface area contributed by atoms with Crippen LogP contribution in [0.4, 0.5) is 17.3 Å². The maximum absolute atomic E-state index is 5.06. The van der Waals surface area contributed by atoms with E-state index in [1.807, 2.05) is 0 Å². The number of aromatic nitrogens is 3. The maximum atomic E-state index is 5.06. The zero-order chi connectivity index (χ0) is 20.4. The van der Waals surface area contributed by atoms with Gasteiger partial charge in [-0.1, -0.05) is 18.7 Å². The van der Waals surface area contributed by atoms with Crippen molar-refractivity contribution in [1.82, 2.24) is 15.0 Å². The fourth-order valence-electron chi connectivity index (χ4n) is 3.53. The lowest BCUT2D eigenvalue weighted by Gasteiger charge is -2.27. The second kappa shape index (κ2) is 7.91. The predicted octanol–water partition coefficient (Wildman–Crippen LogP) is 4.39. The summed E-state index contributed by atoms with van der Waals surface area (Å²) in [4.78, 5) is 17.9. The molecule has 3 aromatic rings. The number of nitrogens with zero attached hydrogens (tertiary/aromatic N) is 5. The molecule has 1 aliphatic rings. The highest BCUT2D eigenvalue weighted by Gasteiger charge is 2.23. The highest BCUT2D eigenvalue weighted by atomic mass is 15.3. The zero-order valence-corrected chi connectivity index (χ0v) is 17.2. The monoisotopic (exact) mass is 386 g/mol. The summed E-state index contributed by atoms with van der Waals surface area (Å²) >= 11 is 0. The normalized spacial score (nSPS) is 13.6. The number of pyridine rings is 1. The van der Waals surface area contributed by atoms with Gasteiger partial charge in [0.15, 0.2) is 5.82 Å². The van der Waals surface area contributed by atoms with Crippen LogP contribution in [0.3, 0.4) is 0 Å². The van der Waals surface area contributed by atoms with Gasteiger partial charge in [-0.3, -0.25) is 4.98 Å². The number of aryl methyl sites for hydroxylation is 2. The van der Waals surface area contributed by atoms with Crippen molar-refractivity contribution >= 4 is 17.3 Å². The van der Waals surface area contributed by atoms with Crippen LogP contribution in [0.1, 0.15) is 17.5 Å². The van der Waals surface area contributed by atoms with Gasteiger partial charge in [0.1, 0.15) is 11.6 Å². The molecule has 0 saturated heterocycles. The quantitative estimate of drug-likeness (QED) is 0.718. The second-order valence-corrected chi connectivity index (χ2v) is 7.43. The highest BCUT2D eigenvalue weighted by Crippen LogP contribution is 2.34. The Hall–Kier alpha value is -3.41. The molecule has 1 aromatic carbocycles. The highest BCUT2D eigenvalue weighted by molar-refractivity contribution is 5.75. The fraction of sp³-hybridized carbons (Fsp3) is 0.261. The third-order valence-electron chi connectivity index (χ3n) is 5.36. The SMILES string of the molecule is C=C(Nc1cnccn1)N1CCCN(C)c2ccc(-c3ccc(C)c(C)c3)nc21. The van der Waals surface area contributed by atoms with E-state index in [2.05, 4.69) is 82.9 Å². The molecule has 1 aliphatic heterocycles. The Kier molecular flexibility index (Phi) is 5.16. The average molecular weight is 387 g/mol. The van der Waals surface area contributed by atoms with Gasteiger partial charge >= 0.3 is 0 Å².